The van der Waals surface area contributed by atoms with E-state index in [2.05, 4.69) is 40.6 Å². The molecular weight excluding hydrogens is 326 g/mol. The zero-order valence-electron chi connectivity index (χ0n) is 16.1. The smallest absolute Gasteiger partial charge is 0.126 e. The lowest BCUT2D eigenvalue weighted by molar-refractivity contribution is 0.151. The minimum Gasteiger partial charge on any atom is -0.383 e. The molecule has 2 aromatic heterocycles. The summed E-state index contributed by atoms with van der Waals surface area (Å²) in [5.74, 6) is 3.66. The van der Waals surface area contributed by atoms with Crippen LogP contribution in [-0.2, 0) is 4.74 Å². The van der Waals surface area contributed by atoms with Gasteiger partial charge in [-0.25, -0.2) is 9.97 Å². The van der Waals surface area contributed by atoms with Crippen LogP contribution in [0.15, 0.2) is 18.5 Å². The van der Waals surface area contributed by atoms with Gasteiger partial charge in [0.05, 0.1) is 12.3 Å². The number of aryl methyl sites for hydroxylation is 1. The molecule has 6 nitrogen and oxygen atoms in total. The minimum absolute atomic E-state index is 0.400. The fraction of sp³-hybridized carbons (Fsp3) is 0.600. The Morgan fingerprint density at radius 2 is 2.04 bits per heavy atom. The van der Waals surface area contributed by atoms with Crippen molar-refractivity contribution in [3.8, 4) is 11.3 Å². The summed E-state index contributed by atoms with van der Waals surface area (Å²) in [5, 5.41) is 0. The van der Waals surface area contributed by atoms with Gasteiger partial charge in [-0.15, -0.1) is 0 Å². The molecule has 3 atom stereocenters. The maximum atomic E-state index is 5.87. The Labute approximate surface area is 155 Å². The average molecular weight is 355 g/mol. The van der Waals surface area contributed by atoms with Crippen molar-refractivity contribution in [3.05, 3.63) is 29.8 Å². The molecular formula is C20H29N5O. The van der Waals surface area contributed by atoms with Gasteiger partial charge in [-0.1, -0.05) is 13.8 Å². The molecule has 0 bridgehead atoms. The lowest BCUT2D eigenvalue weighted by Gasteiger charge is -2.20. The van der Waals surface area contributed by atoms with Crippen LogP contribution in [0.4, 0.5) is 5.82 Å². The number of nitrogens with zero attached hydrogens (tertiary/aromatic N) is 4. The molecule has 2 aliphatic rings. The van der Waals surface area contributed by atoms with Gasteiger partial charge in [-0.2, -0.15) is 0 Å². The van der Waals surface area contributed by atoms with Gasteiger partial charge >= 0.3 is 0 Å². The Morgan fingerprint density at radius 3 is 2.65 bits per heavy atom. The Kier molecular flexibility index (Phi) is 4.49. The van der Waals surface area contributed by atoms with Gasteiger partial charge in [-0.3, -0.25) is 0 Å². The first-order valence-electron chi connectivity index (χ1n) is 9.52. The fourth-order valence-electron chi connectivity index (χ4n) is 4.34. The number of piperidine rings is 1. The number of pyridine rings is 1. The third-order valence-corrected chi connectivity index (χ3v) is 5.85. The zero-order chi connectivity index (χ0) is 18.4. The quantitative estimate of drug-likeness (QED) is 0.863. The van der Waals surface area contributed by atoms with E-state index >= 15 is 0 Å². The number of anilines is 1. The van der Waals surface area contributed by atoms with E-state index in [0.717, 1.165) is 41.8 Å². The molecule has 1 saturated carbocycles. The number of ether oxygens (including phenoxy) is 1. The van der Waals surface area contributed by atoms with Gasteiger partial charge in [0.1, 0.15) is 11.6 Å². The number of methoxy groups -OCH3 is 1. The fourth-order valence-corrected chi connectivity index (χ4v) is 4.34. The minimum atomic E-state index is 0.400. The summed E-state index contributed by atoms with van der Waals surface area (Å²) >= 11 is 0. The van der Waals surface area contributed by atoms with Gasteiger partial charge in [0.15, 0.2) is 0 Å². The van der Waals surface area contributed by atoms with Crippen molar-refractivity contribution in [2.45, 2.75) is 32.7 Å². The van der Waals surface area contributed by atoms with Crippen molar-refractivity contribution in [1.82, 2.24) is 19.4 Å². The zero-order valence-corrected chi connectivity index (χ0v) is 16.1. The number of aromatic nitrogens is 3. The lowest BCUT2D eigenvalue weighted by atomic mass is 10.1. The Hall–Kier alpha value is -1.92. The van der Waals surface area contributed by atoms with E-state index in [-0.39, 0.29) is 0 Å². The monoisotopic (exact) mass is 355 g/mol. The molecule has 4 rings (SSSR count). The summed E-state index contributed by atoms with van der Waals surface area (Å²) in [4.78, 5) is 11.8. The lowest BCUT2D eigenvalue weighted by Crippen LogP contribution is -2.28. The standard InChI is InChI=1S/C20H29N5O/c1-12(2)20-23-17(14-7-13(3)19(21)22-8-14)11-25(20)18-15-9-24(5-6-26-4)10-16(15)18/h7-8,11-12,15-16,18H,5-6,9-10H2,1-4H3,(H2,21,22)/t15-,16+,18?. The second-order valence-corrected chi connectivity index (χ2v) is 8.04. The van der Waals surface area contributed by atoms with Crippen LogP contribution >= 0.6 is 0 Å². The molecule has 2 N–H and O–H groups in total. The van der Waals surface area contributed by atoms with E-state index < -0.39 is 0 Å². The Morgan fingerprint density at radius 1 is 1.31 bits per heavy atom. The first-order valence-corrected chi connectivity index (χ1v) is 9.52. The van der Waals surface area contributed by atoms with Crippen LogP contribution in [0.25, 0.3) is 11.3 Å². The van der Waals surface area contributed by atoms with E-state index in [1.54, 1.807) is 7.11 Å². The second-order valence-electron chi connectivity index (χ2n) is 8.04. The molecule has 1 unspecified atom stereocenters. The van der Waals surface area contributed by atoms with Crippen LogP contribution in [0.5, 0.6) is 0 Å². The van der Waals surface area contributed by atoms with Crippen molar-refractivity contribution in [3.63, 3.8) is 0 Å². The van der Waals surface area contributed by atoms with Crippen LogP contribution in [0.3, 0.4) is 0 Å². The molecule has 2 fully saturated rings. The Balaban J connectivity index is 1.56. The average Bonchev–Trinajstić information content (AvgIpc) is 3.00. The van der Waals surface area contributed by atoms with Crippen molar-refractivity contribution in [2.75, 3.05) is 39.1 Å². The maximum absolute atomic E-state index is 5.87. The van der Waals surface area contributed by atoms with Crippen molar-refractivity contribution in [2.24, 2.45) is 11.8 Å². The van der Waals surface area contributed by atoms with Crippen LogP contribution < -0.4 is 5.73 Å². The van der Waals surface area contributed by atoms with Crippen LogP contribution in [0.1, 0.15) is 37.2 Å². The molecule has 6 heteroatoms. The molecule has 0 spiro atoms. The van der Waals surface area contributed by atoms with Crippen molar-refractivity contribution < 1.29 is 4.74 Å². The molecule has 0 aromatic carbocycles. The molecule has 1 aliphatic heterocycles. The highest BCUT2D eigenvalue weighted by Gasteiger charge is 2.57. The number of fused-ring (bicyclic) bond motifs is 1. The third kappa shape index (κ3) is 3.01. The van der Waals surface area contributed by atoms with Gasteiger partial charge in [0.25, 0.3) is 0 Å². The SMILES string of the molecule is COCCN1C[C@@H]2C(n3cc(-c4cnc(N)c(C)c4)nc3C(C)C)[C@@H]2C1. The molecule has 1 aliphatic carbocycles. The topological polar surface area (TPSA) is 69.2 Å². The molecule has 1 saturated heterocycles. The summed E-state index contributed by atoms with van der Waals surface area (Å²) in [6.07, 6.45) is 4.06. The number of hydrogen-bond acceptors (Lipinski definition) is 5. The summed E-state index contributed by atoms with van der Waals surface area (Å²) < 4.78 is 7.65. The number of imidazole rings is 1. The van der Waals surface area contributed by atoms with E-state index in [9.17, 15) is 0 Å². The summed E-state index contributed by atoms with van der Waals surface area (Å²) in [5.41, 5.74) is 8.92. The predicted octanol–water partition coefficient (Wildman–Crippen LogP) is 2.71. The Bertz CT molecular complexity index is 787. The third-order valence-electron chi connectivity index (χ3n) is 5.85. The van der Waals surface area contributed by atoms with Gasteiger partial charge in [0, 0.05) is 56.7 Å². The van der Waals surface area contributed by atoms with E-state index in [0.29, 0.717) is 17.8 Å². The summed E-state index contributed by atoms with van der Waals surface area (Å²) in [6, 6.07) is 2.68. The number of nitrogens with two attached hydrogens (primary N) is 1. The number of hydrogen-bond donors (Lipinski definition) is 1. The normalized spacial score (nSPS) is 25.0. The van der Waals surface area contributed by atoms with Crippen molar-refractivity contribution in [1.29, 1.82) is 0 Å². The number of likely N-dealkylation sites (tertiary alicyclic amines) is 1. The highest BCUT2D eigenvalue weighted by atomic mass is 16.5. The molecule has 26 heavy (non-hydrogen) atoms. The van der Waals surface area contributed by atoms with E-state index in [1.807, 2.05) is 13.1 Å². The highest BCUT2D eigenvalue weighted by molar-refractivity contribution is 5.61. The highest BCUT2D eigenvalue weighted by Crippen LogP contribution is 2.56. The number of rotatable bonds is 6. The molecule has 0 radical (unpaired) electrons. The van der Waals surface area contributed by atoms with Crippen molar-refractivity contribution >= 4 is 5.82 Å². The van der Waals surface area contributed by atoms with Crippen LogP contribution in [-0.4, -0.2) is 52.8 Å². The predicted molar refractivity (Wildman–Crippen MR) is 103 cm³/mol. The second kappa shape index (κ2) is 6.67. The largest absolute Gasteiger partial charge is 0.383 e. The molecule has 140 valence electrons. The summed E-state index contributed by atoms with van der Waals surface area (Å²) in [7, 11) is 1.77. The van der Waals surface area contributed by atoms with Gasteiger partial charge in [-0.05, 0) is 30.4 Å². The van der Waals surface area contributed by atoms with E-state index in [1.165, 1.54) is 18.9 Å². The van der Waals surface area contributed by atoms with Crippen LogP contribution in [0, 0.1) is 18.8 Å². The summed E-state index contributed by atoms with van der Waals surface area (Å²) in [6.45, 7) is 10.6. The van der Waals surface area contributed by atoms with Gasteiger partial charge in [0.2, 0.25) is 0 Å². The van der Waals surface area contributed by atoms with Gasteiger partial charge < -0.3 is 19.9 Å². The van der Waals surface area contributed by atoms with Crippen LogP contribution in [0.2, 0.25) is 0 Å². The first kappa shape index (κ1) is 17.5. The number of nitrogen functional groups attached to an aromatic ring is 1. The first-order chi connectivity index (χ1) is 12.5. The molecule has 3 heterocycles. The molecule has 2 aromatic rings. The maximum Gasteiger partial charge on any atom is 0.126 e. The molecule has 0 amide bonds. The van der Waals surface area contributed by atoms with E-state index in [4.69, 9.17) is 15.5 Å².